The maximum atomic E-state index is 11.3. The van der Waals surface area contributed by atoms with Crippen LogP contribution in [0.3, 0.4) is 0 Å². The van der Waals surface area contributed by atoms with E-state index in [1.54, 1.807) is 7.05 Å². The second-order valence-corrected chi connectivity index (χ2v) is 3.68. The van der Waals surface area contributed by atoms with Gasteiger partial charge in [-0.05, 0) is 18.8 Å². The van der Waals surface area contributed by atoms with E-state index in [0.717, 1.165) is 0 Å². The highest BCUT2D eigenvalue weighted by atomic mass is 16.5. The number of carbonyl (C=O) groups is 1. The van der Waals surface area contributed by atoms with E-state index >= 15 is 0 Å². The van der Waals surface area contributed by atoms with Gasteiger partial charge in [0.15, 0.2) is 0 Å². The van der Waals surface area contributed by atoms with Crippen molar-refractivity contribution in [1.82, 2.24) is 4.90 Å². The molecule has 0 unspecified atom stereocenters. The molecule has 14 heavy (non-hydrogen) atoms. The van der Waals surface area contributed by atoms with Gasteiger partial charge in [0.25, 0.3) is 0 Å². The summed E-state index contributed by atoms with van der Waals surface area (Å²) in [7, 11) is 1.69. The van der Waals surface area contributed by atoms with Crippen LogP contribution in [0.1, 0.15) is 19.3 Å². The molecule has 0 bridgehead atoms. The number of amides is 1. The Hall–Kier alpha value is -1.08. The van der Waals surface area contributed by atoms with Gasteiger partial charge in [-0.15, -0.1) is 0 Å². The van der Waals surface area contributed by atoms with E-state index < -0.39 is 0 Å². The van der Waals surface area contributed by atoms with Crippen LogP contribution in [-0.2, 0) is 9.53 Å². The third-order valence-electron chi connectivity index (χ3n) is 2.26. The van der Waals surface area contributed by atoms with E-state index in [1.165, 1.54) is 17.7 Å². The van der Waals surface area contributed by atoms with Crippen LogP contribution in [0.2, 0.25) is 0 Å². The third-order valence-corrected chi connectivity index (χ3v) is 2.26. The van der Waals surface area contributed by atoms with Crippen LogP contribution < -0.4 is 0 Å². The van der Waals surface area contributed by atoms with E-state index in [-0.39, 0.29) is 12.5 Å². The fourth-order valence-corrected chi connectivity index (χ4v) is 1.05. The number of nitriles is 1. The molecule has 0 aliphatic heterocycles. The molecule has 0 aromatic carbocycles. The van der Waals surface area contributed by atoms with Crippen molar-refractivity contribution in [3.8, 4) is 6.07 Å². The molecule has 1 amide bonds. The number of likely N-dealkylation sites (N-methyl/N-ethyl adjacent to an activating group) is 1. The van der Waals surface area contributed by atoms with Gasteiger partial charge in [-0.1, -0.05) is 0 Å². The summed E-state index contributed by atoms with van der Waals surface area (Å²) in [6.07, 6.45) is 2.85. The lowest BCUT2D eigenvalue weighted by molar-refractivity contribution is -0.134. The van der Waals surface area contributed by atoms with Gasteiger partial charge in [0, 0.05) is 13.6 Å². The zero-order valence-corrected chi connectivity index (χ0v) is 8.53. The molecule has 1 fully saturated rings. The molecule has 1 rings (SSSR count). The van der Waals surface area contributed by atoms with Crippen molar-refractivity contribution in [2.45, 2.75) is 19.3 Å². The highest BCUT2D eigenvalue weighted by molar-refractivity contribution is 5.77. The summed E-state index contributed by atoms with van der Waals surface area (Å²) < 4.78 is 5.25. The van der Waals surface area contributed by atoms with Crippen LogP contribution >= 0.6 is 0 Å². The van der Waals surface area contributed by atoms with Gasteiger partial charge in [0.2, 0.25) is 5.91 Å². The van der Waals surface area contributed by atoms with Crippen LogP contribution in [0, 0.1) is 17.2 Å². The van der Waals surface area contributed by atoms with Gasteiger partial charge >= 0.3 is 0 Å². The Kier molecular flexibility index (Phi) is 4.41. The monoisotopic (exact) mass is 196 g/mol. The fourth-order valence-electron chi connectivity index (χ4n) is 1.05. The van der Waals surface area contributed by atoms with Crippen LogP contribution in [0.25, 0.3) is 0 Å². The Bertz CT molecular complexity index is 231. The van der Waals surface area contributed by atoms with Gasteiger partial charge in [0.1, 0.15) is 6.61 Å². The number of ether oxygens (including phenoxy) is 1. The van der Waals surface area contributed by atoms with Gasteiger partial charge in [0.05, 0.1) is 19.1 Å². The SMILES string of the molecule is CN(CCC#N)C(=O)COCC1CC1. The van der Waals surface area contributed by atoms with E-state index in [2.05, 4.69) is 0 Å². The largest absolute Gasteiger partial charge is 0.371 e. The summed E-state index contributed by atoms with van der Waals surface area (Å²) in [6, 6.07) is 2.00. The Morgan fingerprint density at radius 2 is 2.36 bits per heavy atom. The highest BCUT2D eigenvalue weighted by Crippen LogP contribution is 2.28. The molecule has 0 radical (unpaired) electrons. The van der Waals surface area contributed by atoms with Crippen molar-refractivity contribution >= 4 is 5.91 Å². The van der Waals surface area contributed by atoms with Crippen molar-refractivity contribution in [3.05, 3.63) is 0 Å². The van der Waals surface area contributed by atoms with Crippen molar-refractivity contribution in [2.75, 3.05) is 26.8 Å². The second kappa shape index (κ2) is 5.61. The number of carbonyl (C=O) groups excluding carboxylic acids is 1. The predicted molar refractivity (Wildman–Crippen MR) is 51.4 cm³/mol. The van der Waals surface area contributed by atoms with Crippen molar-refractivity contribution in [1.29, 1.82) is 5.26 Å². The molecule has 0 aromatic heterocycles. The number of hydrogen-bond donors (Lipinski definition) is 0. The molecule has 1 aliphatic rings. The Balaban J connectivity index is 2.03. The van der Waals surface area contributed by atoms with Crippen molar-refractivity contribution in [2.24, 2.45) is 5.92 Å². The molecule has 1 aliphatic carbocycles. The molecule has 0 aromatic rings. The minimum atomic E-state index is -0.0408. The quantitative estimate of drug-likeness (QED) is 0.631. The summed E-state index contributed by atoms with van der Waals surface area (Å²) in [5.41, 5.74) is 0. The van der Waals surface area contributed by atoms with Crippen LogP contribution in [-0.4, -0.2) is 37.6 Å². The second-order valence-electron chi connectivity index (χ2n) is 3.68. The third kappa shape index (κ3) is 4.24. The number of hydrogen-bond acceptors (Lipinski definition) is 3. The van der Waals surface area contributed by atoms with Crippen LogP contribution in [0.4, 0.5) is 0 Å². The lowest BCUT2D eigenvalue weighted by atomic mass is 10.4. The fraction of sp³-hybridized carbons (Fsp3) is 0.800. The summed E-state index contributed by atoms with van der Waals surface area (Å²) in [5, 5.41) is 8.33. The zero-order valence-electron chi connectivity index (χ0n) is 8.53. The van der Waals surface area contributed by atoms with Crippen LogP contribution in [0.15, 0.2) is 0 Å². The normalized spacial score (nSPS) is 14.9. The maximum Gasteiger partial charge on any atom is 0.248 e. The Labute approximate surface area is 84.4 Å². The number of nitrogens with zero attached hydrogens (tertiary/aromatic N) is 2. The first-order chi connectivity index (χ1) is 6.74. The molecular formula is C10H16N2O2. The van der Waals surface area contributed by atoms with Gasteiger partial charge < -0.3 is 9.64 Å². The average Bonchev–Trinajstić information content (AvgIpc) is 2.97. The first-order valence-electron chi connectivity index (χ1n) is 4.92. The van der Waals surface area contributed by atoms with E-state index in [0.29, 0.717) is 25.5 Å². The Morgan fingerprint density at radius 1 is 1.64 bits per heavy atom. The first-order valence-corrected chi connectivity index (χ1v) is 4.92. The lowest BCUT2D eigenvalue weighted by Crippen LogP contribution is -2.31. The van der Waals surface area contributed by atoms with Gasteiger partial charge in [-0.2, -0.15) is 5.26 Å². The standard InChI is InChI=1S/C10H16N2O2/c1-12(6-2-5-11)10(13)8-14-7-9-3-4-9/h9H,2-4,6-8H2,1H3. The molecule has 0 saturated heterocycles. The molecule has 1 saturated carbocycles. The van der Waals surface area contributed by atoms with Crippen LogP contribution in [0.5, 0.6) is 0 Å². The topological polar surface area (TPSA) is 53.3 Å². The molecule has 0 spiro atoms. The highest BCUT2D eigenvalue weighted by Gasteiger charge is 2.21. The summed E-state index contributed by atoms with van der Waals surface area (Å²) in [4.78, 5) is 12.9. The molecule has 0 heterocycles. The molecule has 0 N–H and O–H groups in total. The molecule has 4 heteroatoms. The van der Waals surface area contributed by atoms with E-state index in [9.17, 15) is 4.79 Å². The molecule has 4 nitrogen and oxygen atoms in total. The smallest absolute Gasteiger partial charge is 0.248 e. The molecular weight excluding hydrogens is 180 g/mol. The predicted octanol–water partition coefficient (Wildman–Crippen LogP) is 0.785. The lowest BCUT2D eigenvalue weighted by Gasteiger charge is -2.15. The first kappa shape index (κ1) is 11.0. The average molecular weight is 196 g/mol. The van der Waals surface area contributed by atoms with Crippen molar-refractivity contribution < 1.29 is 9.53 Å². The Morgan fingerprint density at radius 3 is 2.93 bits per heavy atom. The number of rotatable bonds is 6. The maximum absolute atomic E-state index is 11.3. The zero-order chi connectivity index (χ0) is 10.4. The minimum Gasteiger partial charge on any atom is -0.371 e. The molecule has 0 atom stereocenters. The molecule has 78 valence electrons. The van der Waals surface area contributed by atoms with E-state index in [4.69, 9.17) is 10.00 Å². The summed E-state index contributed by atoms with van der Waals surface area (Å²) >= 11 is 0. The van der Waals surface area contributed by atoms with E-state index in [1.807, 2.05) is 6.07 Å². The van der Waals surface area contributed by atoms with Gasteiger partial charge in [-0.25, -0.2) is 0 Å². The summed E-state index contributed by atoms with van der Waals surface area (Å²) in [5.74, 6) is 0.646. The van der Waals surface area contributed by atoms with Crippen molar-refractivity contribution in [3.63, 3.8) is 0 Å². The van der Waals surface area contributed by atoms with Gasteiger partial charge in [-0.3, -0.25) is 4.79 Å². The minimum absolute atomic E-state index is 0.0408. The summed E-state index contributed by atoms with van der Waals surface area (Å²) in [6.45, 7) is 1.35.